The maximum atomic E-state index is 12.9. The number of fused-ring (bicyclic) bond motifs is 1. The van der Waals surface area contributed by atoms with E-state index in [9.17, 15) is 9.18 Å². The fourth-order valence-corrected chi connectivity index (χ4v) is 2.95. The number of hydrogen-bond donors (Lipinski definition) is 1. The van der Waals surface area contributed by atoms with Gasteiger partial charge in [-0.2, -0.15) is 4.98 Å². The Balaban J connectivity index is 1.39. The Bertz CT molecular complexity index is 952. The lowest BCUT2D eigenvalue weighted by molar-refractivity contribution is 0.0816. The molecular formula is C19H17FN4O2. The number of carbonyl (C=O) groups is 1. The zero-order valence-corrected chi connectivity index (χ0v) is 14.2. The summed E-state index contributed by atoms with van der Waals surface area (Å²) in [7, 11) is 1.79. The van der Waals surface area contributed by atoms with Crippen LogP contribution in [0.5, 0.6) is 0 Å². The maximum Gasteiger partial charge on any atom is 0.254 e. The molecule has 0 spiro atoms. The third-order valence-corrected chi connectivity index (χ3v) is 4.32. The zero-order chi connectivity index (χ0) is 18.1. The predicted molar refractivity (Wildman–Crippen MR) is 93.1 cm³/mol. The molecule has 2 aromatic carbocycles. The predicted octanol–water partition coefficient (Wildman–Crippen LogP) is 3.00. The number of rotatable bonds is 5. The largest absolute Gasteiger partial charge is 0.376 e. The number of halogens is 1. The van der Waals surface area contributed by atoms with Gasteiger partial charge in [-0.1, -0.05) is 23.4 Å². The van der Waals surface area contributed by atoms with Crippen LogP contribution in [0.4, 0.5) is 10.1 Å². The summed E-state index contributed by atoms with van der Waals surface area (Å²) in [6.45, 7) is 1.00. The lowest BCUT2D eigenvalue weighted by atomic mass is 10.1. The van der Waals surface area contributed by atoms with E-state index in [4.69, 9.17) is 4.52 Å². The van der Waals surface area contributed by atoms with Crippen LogP contribution in [0.15, 0.2) is 47.0 Å². The van der Waals surface area contributed by atoms with E-state index in [1.54, 1.807) is 24.1 Å². The Morgan fingerprint density at radius 2 is 2.04 bits per heavy atom. The van der Waals surface area contributed by atoms with Crippen molar-refractivity contribution in [2.45, 2.75) is 19.5 Å². The number of aromatic nitrogens is 2. The van der Waals surface area contributed by atoms with E-state index in [0.717, 1.165) is 22.4 Å². The minimum atomic E-state index is -0.272. The Labute approximate surface area is 149 Å². The van der Waals surface area contributed by atoms with E-state index in [-0.39, 0.29) is 11.7 Å². The second kappa shape index (κ2) is 6.59. The highest BCUT2D eigenvalue weighted by molar-refractivity contribution is 5.99. The summed E-state index contributed by atoms with van der Waals surface area (Å²) in [5, 5.41) is 7.14. The van der Waals surface area contributed by atoms with Gasteiger partial charge in [0.2, 0.25) is 5.89 Å². The lowest BCUT2D eigenvalue weighted by Crippen LogP contribution is -2.17. The van der Waals surface area contributed by atoms with Crippen molar-refractivity contribution in [3.63, 3.8) is 0 Å². The van der Waals surface area contributed by atoms with Crippen molar-refractivity contribution in [2.75, 3.05) is 12.4 Å². The van der Waals surface area contributed by atoms with Crippen LogP contribution in [0.2, 0.25) is 0 Å². The van der Waals surface area contributed by atoms with Crippen molar-refractivity contribution in [3.05, 3.63) is 76.7 Å². The van der Waals surface area contributed by atoms with Gasteiger partial charge in [0.1, 0.15) is 5.82 Å². The number of amides is 1. The monoisotopic (exact) mass is 352 g/mol. The fourth-order valence-electron chi connectivity index (χ4n) is 2.95. The molecule has 1 aliphatic heterocycles. The molecule has 0 aliphatic carbocycles. The molecule has 0 saturated heterocycles. The first kappa shape index (κ1) is 16.3. The van der Waals surface area contributed by atoms with Gasteiger partial charge in [0.15, 0.2) is 5.82 Å². The van der Waals surface area contributed by atoms with Crippen LogP contribution in [0.25, 0.3) is 0 Å². The smallest absolute Gasteiger partial charge is 0.254 e. The second-order valence-corrected chi connectivity index (χ2v) is 6.29. The van der Waals surface area contributed by atoms with Crippen molar-refractivity contribution in [3.8, 4) is 0 Å². The lowest BCUT2D eigenvalue weighted by Gasteiger charge is -2.05. The standard InChI is InChI=1S/C19H17FN4O2/c1-24-11-13-4-7-15(9-16(13)19(24)25)21-10-18-22-17(23-26-18)8-12-2-5-14(20)6-3-12/h2-7,9,21H,8,10-11H2,1H3. The van der Waals surface area contributed by atoms with Crippen molar-refractivity contribution in [1.82, 2.24) is 15.0 Å². The summed E-state index contributed by atoms with van der Waals surface area (Å²) in [6, 6.07) is 11.9. The summed E-state index contributed by atoms with van der Waals surface area (Å²) >= 11 is 0. The van der Waals surface area contributed by atoms with Gasteiger partial charge in [0, 0.05) is 31.3 Å². The number of hydrogen-bond acceptors (Lipinski definition) is 5. The fraction of sp³-hybridized carbons (Fsp3) is 0.211. The maximum absolute atomic E-state index is 12.9. The molecule has 0 saturated carbocycles. The molecule has 1 amide bonds. The third kappa shape index (κ3) is 3.28. The Morgan fingerprint density at radius 3 is 2.85 bits per heavy atom. The van der Waals surface area contributed by atoms with Gasteiger partial charge in [-0.05, 0) is 35.4 Å². The molecule has 0 fully saturated rings. The van der Waals surface area contributed by atoms with E-state index in [1.807, 2.05) is 18.2 Å². The summed E-state index contributed by atoms with van der Waals surface area (Å²) in [5.41, 5.74) is 3.49. The molecule has 1 N–H and O–H groups in total. The van der Waals surface area contributed by atoms with Gasteiger partial charge >= 0.3 is 0 Å². The Hall–Kier alpha value is -3.22. The van der Waals surface area contributed by atoms with Gasteiger partial charge in [-0.3, -0.25) is 4.79 Å². The minimum Gasteiger partial charge on any atom is -0.376 e. The molecule has 0 atom stereocenters. The van der Waals surface area contributed by atoms with Crippen LogP contribution in [-0.4, -0.2) is 28.0 Å². The SMILES string of the molecule is CN1Cc2ccc(NCc3nc(Cc4ccc(F)cc4)no3)cc2C1=O. The molecule has 26 heavy (non-hydrogen) atoms. The van der Waals surface area contributed by atoms with Crippen LogP contribution < -0.4 is 5.32 Å². The molecule has 1 aromatic heterocycles. The molecule has 0 bridgehead atoms. The molecule has 4 rings (SSSR count). The highest BCUT2D eigenvalue weighted by Crippen LogP contribution is 2.24. The van der Waals surface area contributed by atoms with Crippen molar-refractivity contribution >= 4 is 11.6 Å². The van der Waals surface area contributed by atoms with E-state index >= 15 is 0 Å². The van der Waals surface area contributed by atoms with E-state index in [2.05, 4.69) is 15.5 Å². The highest BCUT2D eigenvalue weighted by atomic mass is 19.1. The molecule has 1 aliphatic rings. The number of carbonyl (C=O) groups excluding carboxylic acids is 1. The van der Waals surface area contributed by atoms with Gasteiger partial charge in [-0.15, -0.1) is 0 Å². The molecular weight excluding hydrogens is 335 g/mol. The molecule has 6 nitrogen and oxygen atoms in total. The zero-order valence-electron chi connectivity index (χ0n) is 14.2. The normalized spacial score (nSPS) is 13.2. The average Bonchev–Trinajstić information content (AvgIpc) is 3.20. The van der Waals surface area contributed by atoms with Gasteiger partial charge < -0.3 is 14.7 Å². The van der Waals surface area contributed by atoms with Gasteiger partial charge in [0.05, 0.1) is 6.54 Å². The van der Waals surface area contributed by atoms with Crippen LogP contribution in [0.3, 0.4) is 0 Å². The number of anilines is 1. The number of benzene rings is 2. The van der Waals surface area contributed by atoms with Gasteiger partial charge in [-0.25, -0.2) is 4.39 Å². The number of nitrogens with zero attached hydrogens (tertiary/aromatic N) is 3. The van der Waals surface area contributed by atoms with Crippen molar-refractivity contribution < 1.29 is 13.7 Å². The Kier molecular flexibility index (Phi) is 4.12. The first-order chi connectivity index (χ1) is 12.6. The summed E-state index contributed by atoms with van der Waals surface area (Å²) in [4.78, 5) is 18.1. The molecule has 3 aromatic rings. The Morgan fingerprint density at radius 1 is 1.23 bits per heavy atom. The van der Waals surface area contributed by atoms with Crippen molar-refractivity contribution in [1.29, 1.82) is 0 Å². The van der Waals surface area contributed by atoms with Crippen LogP contribution in [0.1, 0.15) is 33.2 Å². The molecule has 2 heterocycles. The topological polar surface area (TPSA) is 71.3 Å². The number of nitrogens with one attached hydrogen (secondary N) is 1. The van der Waals surface area contributed by atoms with E-state index < -0.39 is 0 Å². The van der Waals surface area contributed by atoms with Crippen molar-refractivity contribution in [2.24, 2.45) is 0 Å². The summed E-state index contributed by atoms with van der Waals surface area (Å²) in [5.74, 6) is 0.749. The van der Waals surface area contributed by atoms with Crippen LogP contribution in [0, 0.1) is 5.82 Å². The highest BCUT2D eigenvalue weighted by Gasteiger charge is 2.24. The first-order valence-electron chi connectivity index (χ1n) is 8.26. The van der Waals surface area contributed by atoms with E-state index in [0.29, 0.717) is 31.2 Å². The molecule has 132 valence electrons. The molecule has 0 unspecified atom stereocenters. The third-order valence-electron chi connectivity index (χ3n) is 4.32. The summed E-state index contributed by atoms with van der Waals surface area (Å²) in [6.07, 6.45) is 0.476. The van der Waals surface area contributed by atoms with Crippen LogP contribution in [-0.2, 0) is 19.5 Å². The quantitative estimate of drug-likeness (QED) is 0.764. The van der Waals surface area contributed by atoms with Crippen LogP contribution >= 0.6 is 0 Å². The average molecular weight is 352 g/mol. The summed E-state index contributed by atoms with van der Waals surface area (Å²) < 4.78 is 18.2. The first-order valence-corrected chi connectivity index (χ1v) is 8.26. The molecule has 7 heteroatoms. The van der Waals surface area contributed by atoms with Gasteiger partial charge in [0.25, 0.3) is 5.91 Å². The second-order valence-electron chi connectivity index (χ2n) is 6.29. The molecule has 0 radical (unpaired) electrons. The van der Waals surface area contributed by atoms with E-state index in [1.165, 1.54) is 12.1 Å². The minimum absolute atomic E-state index is 0.0306.